The third-order valence-electron chi connectivity index (χ3n) is 5.36. The van der Waals surface area contributed by atoms with Crippen LogP contribution in [0.1, 0.15) is 36.5 Å². The Hall–Kier alpha value is -2.65. The van der Waals surface area contributed by atoms with Crippen LogP contribution in [0.25, 0.3) is 0 Å². The summed E-state index contributed by atoms with van der Waals surface area (Å²) in [6.45, 7) is 5.61. The van der Waals surface area contributed by atoms with Crippen molar-refractivity contribution in [1.29, 1.82) is 5.26 Å². The molecule has 0 aliphatic heterocycles. The maximum Gasteiger partial charge on any atom is 0.328 e. The molecule has 0 N–H and O–H groups in total. The van der Waals surface area contributed by atoms with E-state index in [-0.39, 0.29) is 11.5 Å². The van der Waals surface area contributed by atoms with E-state index in [1.165, 1.54) is 12.1 Å². The van der Waals surface area contributed by atoms with Gasteiger partial charge in [-0.15, -0.1) is 0 Å². The lowest BCUT2D eigenvalue weighted by Gasteiger charge is -2.09. The SMILES string of the molecule is CCOC(=O)C1(C#N)C(c2ccc(CC)cc2)C1S(=O)(=O)c1ccc(C)cc1. The van der Waals surface area contributed by atoms with Crippen LogP contribution < -0.4 is 0 Å². The average molecular weight is 397 g/mol. The Morgan fingerprint density at radius 3 is 2.21 bits per heavy atom. The summed E-state index contributed by atoms with van der Waals surface area (Å²) in [6, 6.07) is 15.9. The molecule has 2 aromatic carbocycles. The zero-order valence-electron chi connectivity index (χ0n) is 16.2. The van der Waals surface area contributed by atoms with Crippen molar-refractivity contribution >= 4 is 15.8 Å². The van der Waals surface area contributed by atoms with Gasteiger partial charge in [0.2, 0.25) is 0 Å². The van der Waals surface area contributed by atoms with Gasteiger partial charge in [-0.05, 0) is 43.5 Å². The summed E-state index contributed by atoms with van der Waals surface area (Å²) in [7, 11) is -3.90. The molecule has 1 aliphatic rings. The fraction of sp³-hybridized carbons (Fsp3) is 0.364. The first-order valence-electron chi connectivity index (χ1n) is 9.30. The molecule has 1 saturated carbocycles. The Kier molecular flexibility index (Phi) is 5.31. The zero-order valence-corrected chi connectivity index (χ0v) is 17.0. The molecule has 6 heteroatoms. The standard InChI is InChI=1S/C22H23NO4S/c1-4-16-8-10-17(11-9-16)19-20(22(19,14-23)21(24)27-5-2)28(25,26)18-12-6-15(3)7-13-18/h6-13,19-20H,4-5H2,1-3H3. The van der Waals surface area contributed by atoms with Gasteiger partial charge < -0.3 is 4.74 Å². The smallest absolute Gasteiger partial charge is 0.328 e. The van der Waals surface area contributed by atoms with E-state index in [0.29, 0.717) is 5.56 Å². The lowest BCUT2D eigenvalue weighted by atomic mass is 9.99. The number of esters is 1. The molecule has 3 rings (SSSR count). The minimum absolute atomic E-state index is 0.0844. The summed E-state index contributed by atoms with van der Waals surface area (Å²) in [6.07, 6.45) is 0.845. The van der Waals surface area contributed by atoms with E-state index in [9.17, 15) is 18.5 Å². The Morgan fingerprint density at radius 1 is 1.11 bits per heavy atom. The summed E-state index contributed by atoms with van der Waals surface area (Å²) in [5, 5.41) is 8.73. The van der Waals surface area contributed by atoms with Gasteiger partial charge in [0.15, 0.2) is 15.3 Å². The maximum atomic E-state index is 13.3. The number of ether oxygens (including phenoxy) is 1. The van der Waals surface area contributed by atoms with Crippen LogP contribution in [0.15, 0.2) is 53.4 Å². The summed E-state index contributed by atoms with van der Waals surface area (Å²) in [5.41, 5.74) is 0.958. The number of benzene rings is 2. The van der Waals surface area contributed by atoms with Crippen molar-refractivity contribution in [2.45, 2.75) is 43.3 Å². The van der Waals surface area contributed by atoms with Crippen LogP contribution in [0.5, 0.6) is 0 Å². The molecule has 1 aliphatic carbocycles. The highest BCUT2D eigenvalue weighted by Crippen LogP contribution is 2.64. The molecule has 28 heavy (non-hydrogen) atoms. The zero-order chi connectivity index (χ0) is 20.5. The third kappa shape index (κ3) is 3.10. The molecule has 0 amide bonds. The molecular formula is C22H23NO4S. The lowest BCUT2D eigenvalue weighted by Crippen LogP contribution is -2.25. The Bertz CT molecular complexity index is 1020. The predicted octanol–water partition coefficient (Wildman–Crippen LogP) is 3.57. The van der Waals surface area contributed by atoms with E-state index in [1.807, 2.05) is 32.0 Å². The third-order valence-corrected chi connectivity index (χ3v) is 7.60. The van der Waals surface area contributed by atoms with Gasteiger partial charge >= 0.3 is 5.97 Å². The van der Waals surface area contributed by atoms with Gasteiger partial charge in [-0.3, -0.25) is 4.79 Å². The van der Waals surface area contributed by atoms with Gasteiger partial charge in [0.1, 0.15) is 5.25 Å². The predicted molar refractivity (Wildman–Crippen MR) is 105 cm³/mol. The molecule has 2 aromatic rings. The first-order valence-corrected chi connectivity index (χ1v) is 10.8. The van der Waals surface area contributed by atoms with Crippen molar-refractivity contribution < 1.29 is 17.9 Å². The van der Waals surface area contributed by atoms with E-state index >= 15 is 0 Å². The molecule has 0 radical (unpaired) electrons. The van der Waals surface area contributed by atoms with Crippen molar-refractivity contribution in [2.75, 3.05) is 6.61 Å². The topological polar surface area (TPSA) is 84.2 Å². The van der Waals surface area contributed by atoms with Crippen LogP contribution in [-0.4, -0.2) is 26.2 Å². The van der Waals surface area contributed by atoms with Crippen molar-refractivity contribution in [3.05, 3.63) is 65.2 Å². The molecular weight excluding hydrogens is 374 g/mol. The minimum Gasteiger partial charge on any atom is -0.465 e. The van der Waals surface area contributed by atoms with Crippen LogP contribution in [0.4, 0.5) is 0 Å². The Morgan fingerprint density at radius 2 is 1.71 bits per heavy atom. The molecule has 0 bridgehead atoms. The average Bonchev–Trinajstić information content (AvgIpc) is 3.40. The lowest BCUT2D eigenvalue weighted by molar-refractivity contribution is -0.147. The second-order valence-corrected chi connectivity index (χ2v) is 9.12. The number of rotatable bonds is 6. The molecule has 5 nitrogen and oxygen atoms in total. The normalized spacial score (nSPS) is 23.6. The fourth-order valence-electron chi connectivity index (χ4n) is 3.73. The van der Waals surface area contributed by atoms with Gasteiger partial charge in [0.05, 0.1) is 17.6 Å². The maximum absolute atomic E-state index is 13.3. The van der Waals surface area contributed by atoms with Crippen molar-refractivity contribution in [3.63, 3.8) is 0 Å². The number of carbonyl (C=O) groups is 1. The molecule has 3 unspecified atom stereocenters. The molecule has 0 spiro atoms. The van der Waals surface area contributed by atoms with Crippen molar-refractivity contribution in [1.82, 2.24) is 0 Å². The van der Waals surface area contributed by atoms with Crippen LogP contribution in [-0.2, 0) is 25.8 Å². The van der Waals surface area contributed by atoms with E-state index < -0.39 is 32.4 Å². The molecule has 1 fully saturated rings. The number of sulfone groups is 1. The quantitative estimate of drug-likeness (QED) is 0.696. The molecule has 0 aromatic heterocycles. The van der Waals surface area contributed by atoms with Crippen LogP contribution >= 0.6 is 0 Å². The molecule has 0 saturated heterocycles. The fourth-order valence-corrected chi connectivity index (χ4v) is 5.97. The Balaban J connectivity index is 2.11. The minimum atomic E-state index is -3.90. The van der Waals surface area contributed by atoms with E-state index in [2.05, 4.69) is 0 Å². The Labute approximate surface area is 165 Å². The van der Waals surface area contributed by atoms with Crippen molar-refractivity contribution in [3.8, 4) is 6.07 Å². The van der Waals surface area contributed by atoms with Gasteiger partial charge in [-0.1, -0.05) is 48.9 Å². The monoisotopic (exact) mass is 397 g/mol. The van der Waals surface area contributed by atoms with Gasteiger partial charge in [-0.25, -0.2) is 8.42 Å². The summed E-state index contributed by atoms with van der Waals surface area (Å²) in [5.74, 6) is -1.53. The second-order valence-electron chi connectivity index (χ2n) is 7.05. The first-order chi connectivity index (χ1) is 13.3. The van der Waals surface area contributed by atoms with Crippen LogP contribution in [0.2, 0.25) is 0 Å². The number of aryl methyl sites for hydroxylation is 2. The second kappa shape index (κ2) is 7.40. The highest BCUT2D eigenvalue weighted by molar-refractivity contribution is 7.92. The van der Waals surface area contributed by atoms with E-state index in [0.717, 1.165) is 17.5 Å². The highest BCUT2D eigenvalue weighted by atomic mass is 32.2. The van der Waals surface area contributed by atoms with Gasteiger partial charge in [0, 0.05) is 5.92 Å². The number of nitriles is 1. The molecule has 146 valence electrons. The number of carbonyl (C=O) groups excluding carboxylic acids is 1. The van der Waals surface area contributed by atoms with E-state index in [4.69, 9.17) is 4.74 Å². The van der Waals surface area contributed by atoms with Gasteiger partial charge in [0.25, 0.3) is 0 Å². The summed E-state index contributed by atoms with van der Waals surface area (Å²) >= 11 is 0. The summed E-state index contributed by atoms with van der Waals surface area (Å²) in [4.78, 5) is 12.8. The summed E-state index contributed by atoms with van der Waals surface area (Å²) < 4.78 is 31.8. The van der Waals surface area contributed by atoms with Crippen LogP contribution in [0.3, 0.4) is 0 Å². The highest BCUT2D eigenvalue weighted by Gasteiger charge is 2.77. The van der Waals surface area contributed by atoms with Crippen molar-refractivity contribution in [2.24, 2.45) is 5.41 Å². The molecule has 3 atom stereocenters. The largest absolute Gasteiger partial charge is 0.465 e. The molecule has 0 heterocycles. The van der Waals surface area contributed by atoms with Crippen LogP contribution in [0, 0.1) is 23.7 Å². The number of hydrogen-bond donors (Lipinski definition) is 0. The van der Waals surface area contributed by atoms with E-state index in [1.54, 1.807) is 31.2 Å². The number of hydrogen-bond acceptors (Lipinski definition) is 5. The van der Waals surface area contributed by atoms with Gasteiger partial charge in [-0.2, -0.15) is 5.26 Å². The first kappa shape index (κ1) is 20.1. The number of nitrogens with zero attached hydrogens (tertiary/aromatic N) is 1.